The van der Waals surface area contributed by atoms with Gasteiger partial charge in [0, 0.05) is 6.04 Å². The Hall–Kier alpha value is -1.02. The van der Waals surface area contributed by atoms with Crippen LogP contribution in [-0.2, 0) is 6.42 Å². The van der Waals surface area contributed by atoms with Crippen molar-refractivity contribution >= 4 is 0 Å². The number of benzene rings is 1. The maximum Gasteiger partial charge on any atom is 0.119 e. The first kappa shape index (κ1) is 16.4. The molecule has 2 rings (SSSR count). The Bertz CT molecular complexity index is 366. The molecule has 1 fully saturated rings. The van der Waals surface area contributed by atoms with Crippen LogP contribution in [0.1, 0.15) is 63.9 Å². The first-order valence-electron chi connectivity index (χ1n) is 8.83. The predicted molar refractivity (Wildman–Crippen MR) is 90.0 cm³/mol. The van der Waals surface area contributed by atoms with Crippen molar-refractivity contribution in [2.45, 2.75) is 70.8 Å². The summed E-state index contributed by atoms with van der Waals surface area (Å²) in [5.74, 6) is 0.998. The van der Waals surface area contributed by atoms with Crippen LogP contribution in [-0.4, -0.2) is 19.2 Å². The molecule has 2 nitrogen and oxygen atoms in total. The molecule has 1 aromatic rings. The third-order valence-electron chi connectivity index (χ3n) is 4.46. The molecule has 0 spiro atoms. The lowest BCUT2D eigenvalue weighted by Gasteiger charge is -2.21. The molecule has 0 aliphatic heterocycles. The Labute approximate surface area is 130 Å². The molecule has 1 aliphatic rings. The van der Waals surface area contributed by atoms with Gasteiger partial charge in [-0.2, -0.15) is 0 Å². The van der Waals surface area contributed by atoms with Crippen molar-refractivity contribution in [2.24, 2.45) is 0 Å². The van der Waals surface area contributed by atoms with Gasteiger partial charge in [0.05, 0.1) is 6.61 Å². The normalized spacial score (nSPS) is 17.2. The minimum absolute atomic E-state index is 0.745. The number of rotatable bonds is 7. The molecular weight excluding hydrogens is 258 g/mol. The van der Waals surface area contributed by atoms with Crippen molar-refractivity contribution in [1.29, 1.82) is 0 Å². The molecule has 0 aromatic heterocycles. The van der Waals surface area contributed by atoms with E-state index in [0.717, 1.165) is 37.8 Å². The van der Waals surface area contributed by atoms with Crippen molar-refractivity contribution in [3.8, 4) is 5.75 Å². The summed E-state index contributed by atoms with van der Waals surface area (Å²) in [5, 5.41) is 3.71. The first-order valence-corrected chi connectivity index (χ1v) is 8.83. The van der Waals surface area contributed by atoms with E-state index in [0.29, 0.717) is 0 Å². The van der Waals surface area contributed by atoms with Crippen molar-refractivity contribution in [3.63, 3.8) is 0 Å². The topological polar surface area (TPSA) is 21.3 Å². The summed E-state index contributed by atoms with van der Waals surface area (Å²) < 4.78 is 5.80. The van der Waals surface area contributed by atoms with Gasteiger partial charge in [-0.05, 0) is 49.9 Å². The molecule has 0 atom stereocenters. The van der Waals surface area contributed by atoms with Crippen LogP contribution in [0.15, 0.2) is 24.3 Å². The molecule has 118 valence electrons. The van der Waals surface area contributed by atoms with Gasteiger partial charge >= 0.3 is 0 Å². The lowest BCUT2D eigenvalue weighted by molar-refractivity contribution is 0.299. The molecule has 0 radical (unpaired) electrons. The second-order valence-electron chi connectivity index (χ2n) is 6.20. The highest BCUT2D eigenvalue weighted by Gasteiger charge is 2.09. The van der Waals surface area contributed by atoms with Crippen LogP contribution < -0.4 is 10.1 Å². The van der Waals surface area contributed by atoms with Gasteiger partial charge in [-0.3, -0.25) is 0 Å². The standard InChI is InChI=1S/C19H31NO/c1-2-17-11-13-19(14-12-17)21-16-8-15-20-18-9-6-4-3-5-7-10-18/h11-14,18,20H,2-10,15-16H2,1H3. The van der Waals surface area contributed by atoms with Crippen molar-refractivity contribution in [2.75, 3.05) is 13.2 Å². The fourth-order valence-electron chi connectivity index (χ4n) is 3.05. The second-order valence-corrected chi connectivity index (χ2v) is 6.20. The maximum absolute atomic E-state index is 5.80. The molecular formula is C19H31NO. The molecule has 2 heteroatoms. The van der Waals surface area contributed by atoms with Gasteiger partial charge in [-0.15, -0.1) is 0 Å². The van der Waals surface area contributed by atoms with E-state index in [9.17, 15) is 0 Å². The number of ether oxygens (including phenoxy) is 1. The average molecular weight is 289 g/mol. The number of aryl methyl sites for hydroxylation is 1. The minimum Gasteiger partial charge on any atom is -0.494 e. The largest absolute Gasteiger partial charge is 0.494 e. The van der Waals surface area contributed by atoms with Crippen molar-refractivity contribution in [1.82, 2.24) is 5.32 Å². The van der Waals surface area contributed by atoms with Gasteiger partial charge < -0.3 is 10.1 Å². The molecule has 0 heterocycles. The molecule has 1 N–H and O–H groups in total. The van der Waals surface area contributed by atoms with Crippen LogP contribution in [0.3, 0.4) is 0 Å². The molecule has 0 bridgehead atoms. The first-order chi connectivity index (χ1) is 10.4. The summed E-state index contributed by atoms with van der Waals surface area (Å²) in [5.41, 5.74) is 1.37. The molecule has 0 unspecified atom stereocenters. The Balaban J connectivity index is 1.56. The highest BCUT2D eigenvalue weighted by Crippen LogP contribution is 2.17. The van der Waals surface area contributed by atoms with Crippen LogP contribution in [0.25, 0.3) is 0 Å². The Morgan fingerprint density at radius 3 is 2.33 bits per heavy atom. The summed E-state index contributed by atoms with van der Waals surface area (Å²) in [6, 6.07) is 9.22. The third-order valence-corrected chi connectivity index (χ3v) is 4.46. The van der Waals surface area contributed by atoms with E-state index in [1.54, 1.807) is 0 Å². The Morgan fingerprint density at radius 2 is 1.67 bits per heavy atom. The summed E-state index contributed by atoms with van der Waals surface area (Å²) >= 11 is 0. The van der Waals surface area contributed by atoms with E-state index in [1.165, 1.54) is 50.5 Å². The highest BCUT2D eigenvalue weighted by atomic mass is 16.5. The van der Waals surface area contributed by atoms with E-state index in [4.69, 9.17) is 4.74 Å². The van der Waals surface area contributed by atoms with Gasteiger partial charge in [-0.25, -0.2) is 0 Å². The molecule has 1 saturated carbocycles. The zero-order chi connectivity index (χ0) is 14.8. The van der Waals surface area contributed by atoms with E-state index in [2.05, 4.69) is 36.5 Å². The third kappa shape index (κ3) is 6.52. The zero-order valence-electron chi connectivity index (χ0n) is 13.6. The number of nitrogens with one attached hydrogen (secondary N) is 1. The molecule has 21 heavy (non-hydrogen) atoms. The van der Waals surface area contributed by atoms with E-state index in [1.807, 2.05) is 0 Å². The summed E-state index contributed by atoms with van der Waals surface area (Å²) in [7, 11) is 0. The second kappa shape index (κ2) is 9.83. The van der Waals surface area contributed by atoms with Gasteiger partial charge in [0.2, 0.25) is 0 Å². The van der Waals surface area contributed by atoms with Crippen molar-refractivity contribution in [3.05, 3.63) is 29.8 Å². The number of hydrogen-bond acceptors (Lipinski definition) is 2. The number of hydrogen-bond donors (Lipinski definition) is 1. The van der Waals surface area contributed by atoms with Crippen molar-refractivity contribution < 1.29 is 4.74 Å². The SMILES string of the molecule is CCc1ccc(OCCCNC2CCCCCCC2)cc1. The van der Waals surface area contributed by atoms with E-state index in [-0.39, 0.29) is 0 Å². The summed E-state index contributed by atoms with van der Waals surface area (Å²) in [4.78, 5) is 0. The Kier molecular flexibility index (Phi) is 7.66. The molecule has 0 amide bonds. The van der Waals surface area contributed by atoms with Crippen LogP contribution in [0.2, 0.25) is 0 Å². The van der Waals surface area contributed by atoms with E-state index < -0.39 is 0 Å². The fourth-order valence-corrected chi connectivity index (χ4v) is 3.05. The monoisotopic (exact) mass is 289 g/mol. The van der Waals surface area contributed by atoms with Gasteiger partial charge in [0.1, 0.15) is 5.75 Å². The summed E-state index contributed by atoms with van der Waals surface area (Å²) in [6.45, 7) is 4.07. The highest BCUT2D eigenvalue weighted by molar-refractivity contribution is 5.27. The van der Waals surface area contributed by atoms with Crippen LogP contribution >= 0.6 is 0 Å². The van der Waals surface area contributed by atoms with Crippen LogP contribution in [0.5, 0.6) is 5.75 Å². The van der Waals surface area contributed by atoms with Gasteiger partial charge in [-0.1, -0.05) is 51.2 Å². The summed E-state index contributed by atoms with van der Waals surface area (Å²) in [6.07, 6.45) is 12.0. The van der Waals surface area contributed by atoms with Crippen LogP contribution in [0, 0.1) is 0 Å². The molecule has 1 aliphatic carbocycles. The quantitative estimate of drug-likeness (QED) is 0.733. The molecule has 0 saturated heterocycles. The average Bonchev–Trinajstić information content (AvgIpc) is 2.49. The van der Waals surface area contributed by atoms with Gasteiger partial charge in [0.25, 0.3) is 0 Å². The Morgan fingerprint density at radius 1 is 1.00 bits per heavy atom. The predicted octanol–water partition coefficient (Wildman–Crippen LogP) is 4.72. The van der Waals surface area contributed by atoms with E-state index >= 15 is 0 Å². The lowest BCUT2D eigenvalue weighted by atomic mass is 9.97. The smallest absolute Gasteiger partial charge is 0.119 e. The minimum atomic E-state index is 0.745. The van der Waals surface area contributed by atoms with Crippen LogP contribution in [0.4, 0.5) is 0 Å². The zero-order valence-corrected chi connectivity index (χ0v) is 13.6. The van der Waals surface area contributed by atoms with Gasteiger partial charge in [0.15, 0.2) is 0 Å². The molecule has 1 aromatic carbocycles. The maximum atomic E-state index is 5.80. The lowest BCUT2D eigenvalue weighted by Crippen LogP contribution is -2.31. The fraction of sp³-hybridized carbons (Fsp3) is 0.684.